The maximum atomic E-state index is 14.0. The number of anilines is 1. The van der Waals surface area contributed by atoms with Crippen LogP contribution in [0.4, 0.5) is 10.6 Å². The molecule has 13 nitrogen and oxygen atoms in total. The number of carbonyl (C=O) groups excluding carboxylic acids is 1. The van der Waals surface area contributed by atoms with Gasteiger partial charge in [0.05, 0.1) is 11.8 Å². The van der Waals surface area contributed by atoms with Gasteiger partial charge in [-0.05, 0) is 50.8 Å². The highest BCUT2D eigenvalue weighted by Crippen LogP contribution is 2.36. The lowest BCUT2D eigenvalue weighted by atomic mass is 9.93. The zero-order chi connectivity index (χ0) is 31.1. The molecule has 2 atom stereocenters. The fourth-order valence-electron chi connectivity index (χ4n) is 5.69. The van der Waals surface area contributed by atoms with Crippen molar-refractivity contribution in [3.8, 4) is 11.6 Å². The third-order valence-electron chi connectivity index (χ3n) is 7.75. The highest BCUT2D eigenvalue weighted by molar-refractivity contribution is 7.93. The number of rotatable bonds is 8. The molecule has 3 aromatic heterocycles. The van der Waals surface area contributed by atoms with Crippen molar-refractivity contribution in [2.75, 3.05) is 23.1 Å². The van der Waals surface area contributed by atoms with Crippen LogP contribution in [0.1, 0.15) is 64.7 Å². The van der Waals surface area contributed by atoms with Crippen molar-refractivity contribution in [3.63, 3.8) is 0 Å². The predicted molar refractivity (Wildman–Crippen MR) is 162 cm³/mol. The van der Waals surface area contributed by atoms with E-state index in [4.69, 9.17) is 4.42 Å². The van der Waals surface area contributed by atoms with Crippen molar-refractivity contribution in [3.05, 3.63) is 75.6 Å². The molecule has 2 amide bonds. The van der Waals surface area contributed by atoms with Gasteiger partial charge in [-0.25, -0.2) is 23.2 Å². The average molecular weight is 638 g/mol. The smallest absolute Gasteiger partial charge is 0.405 e. The van der Waals surface area contributed by atoms with Crippen LogP contribution >= 0.6 is 11.3 Å². The summed E-state index contributed by atoms with van der Waals surface area (Å²) < 4.78 is 32.9. The fourth-order valence-corrected chi connectivity index (χ4v) is 8.14. The van der Waals surface area contributed by atoms with Gasteiger partial charge in [0.2, 0.25) is 15.9 Å². The van der Waals surface area contributed by atoms with Gasteiger partial charge < -0.3 is 19.7 Å². The normalized spacial score (nSPS) is 19.2. The second-order valence-electron chi connectivity index (χ2n) is 11.2. The first-order chi connectivity index (χ1) is 21.0. The highest BCUT2D eigenvalue weighted by Gasteiger charge is 2.37. The lowest BCUT2D eigenvalue weighted by Crippen LogP contribution is -2.44. The summed E-state index contributed by atoms with van der Waals surface area (Å²) in [5.74, 6) is -0.315. The zero-order valence-corrected chi connectivity index (χ0v) is 25.8. The summed E-state index contributed by atoms with van der Waals surface area (Å²) in [5, 5.41) is 23.2. The molecular formula is C29H31N7O6S2. The number of nitrogens with zero attached hydrogens (tertiary/aromatic N) is 6. The first kappa shape index (κ1) is 29.7. The van der Waals surface area contributed by atoms with Gasteiger partial charge in [-0.2, -0.15) is 0 Å². The Morgan fingerprint density at radius 1 is 1.14 bits per heavy atom. The van der Waals surface area contributed by atoms with Crippen molar-refractivity contribution < 1.29 is 27.5 Å². The SMILES string of the molecule is Cc1csc([C@H]2CCCN2C(=O)c2cc(-c3nnc([C@@](C)(Cc4ccccc4)NC(=O)O)o3)nc(N3CCCS3(=O)=O)c2)n1. The molecule has 5 heterocycles. The van der Waals surface area contributed by atoms with E-state index in [1.165, 1.54) is 27.8 Å². The fraction of sp³-hybridized carbons (Fsp3) is 0.379. The first-order valence-corrected chi connectivity index (χ1v) is 16.7. The minimum atomic E-state index is -3.62. The van der Waals surface area contributed by atoms with Crippen molar-refractivity contribution in [1.29, 1.82) is 0 Å². The second-order valence-corrected chi connectivity index (χ2v) is 14.1. The molecule has 2 fully saturated rings. The molecule has 6 rings (SSSR count). The summed E-state index contributed by atoms with van der Waals surface area (Å²) in [6.07, 6.45) is 0.958. The number of likely N-dealkylation sites (tertiary alicyclic amines) is 1. The molecule has 0 saturated carbocycles. The number of hydrogen-bond acceptors (Lipinski definition) is 10. The van der Waals surface area contributed by atoms with E-state index in [-0.39, 0.29) is 59.5 Å². The van der Waals surface area contributed by atoms with Gasteiger partial charge in [0.1, 0.15) is 22.1 Å². The Bertz CT molecular complexity index is 1810. The average Bonchev–Trinajstić information content (AvgIpc) is 3.79. The van der Waals surface area contributed by atoms with E-state index in [2.05, 4.69) is 25.5 Å². The summed E-state index contributed by atoms with van der Waals surface area (Å²) in [6, 6.07) is 12.1. The van der Waals surface area contributed by atoms with Crippen LogP contribution in [0.25, 0.3) is 11.6 Å². The Labute approximate surface area is 258 Å². The molecule has 4 aromatic rings. The van der Waals surface area contributed by atoms with E-state index < -0.39 is 21.7 Å². The number of amides is 2. The molecule has 2 aliphatic heterocycles. The number of hydrogen-bond donors (Lipinski definition) is 2. The number of pyridine rings is 1. The first-order valence-electron chi connectivity index (χ1n) is 14.2. The number of sulfonamides is 1. The van der Waals surface area contributed by atoms with Gasteiger partial charge in [-0.1, -0.05) is 30.3 Å². The van der Waals surface area contributed by atoms with Gasteiger partial charge in [0.25, 0.3) is 11.8 Å². The predicted octanol–water partition coefficient (Wildman–Crippen LogP) is 4.14. The second kappa shape index (κ2) is 11.6. The maximum Gasteiger partial charge on any atom is 0.405 e. The van der Waals surface area contributed by atoms with Gasteiger partial charge in [0.15, 0.2) is 0 Å². The van der Waals surface area contributed by atoms with E-state index in [0.29, 0.717) is 13.0 Å². The standard InChI is InChI=1S/C29H31N7O6S2/c1-18-17-43-25(30-18)22-10-6-11-35(22)26(37)20-14-21(31-23(15-20)36-12-7-13-44(36,40)41)24-33-34-27(42-24)29(2,32-28(38)39)16-19-8-4-3-5-9-19/h3-5,8-9,14-15,17,22,32H,6-7,10-13,16H2,1-2H3,(H,38,39)/t22-,29-/m1/s1. The lowest BCUT2D eigenvalue weighted by molar-refractivity contribution is 0.0735. The zero-order valence-electron chi connectivity index (χ0n) is 24.1. The summed E-state index contributed by atoms with van der Waals surface area (Å²) >= 11 is 1.51. The van der Waals surface area contributed by atoms with Crippen molar-refractivity contribution in [2.45, 2.75) is 51.1 Å². The Kier molecular flexibility index (Phi) is 7.84. The van der Waals surface area contributed by atoms with Gasteiger partial charge in [-0.3, -0.25) is 9.10 Å². The molecule has 2 N–H and O–H groups in total. The Morgan fingerprint density at radius 2 is 1.93 bits per heavy atom. The molecule has 15 heteroatoms. The summed E-state index contributed by atoms with van der Waals surface area (Å²) in [4.78, 5) is 36.7. The van der Waals surface area contributed by atoms with Gasteiger partial charge >= 0.3 is 6.09 Å². The van der Waals surface area contributed by atoms with Crippen LogP contribution in [0.2, 0.25) is 0 Å². The highest BCUT2D eigenvalue weighted by atomic mass is 32.2. The minimum absolute atomic E-state index is 0.00799. The van der Waals surface area contributed by atoms with Crippen LogP contribution in [0.5, 0.6) is 0 Å². The van der Waals surface area contributed by atoms with Crippen molar-refractivity contribution >= 4 is 39.2 Å². The quantitative estimate of drug-likeness (QED) is 0.286. The van der Waals surface area contributed by atoms with Crippen LogP contribution < -0.4 is 9.62 Å². The number of thiazole rings is 1. The van der Waals surface area contributed by atoms with Crippen LogP contribution in [0, 0.1) is 6.92 Å². The van der Waals surface area contributed by atoms with E-state index >= 15 is 0 Å². The summed E-state index contributed by atoms with van der Waals surface area (Å²) in [7, 11) is -3.62. The number of aromatic nitrogens is 4. The van der Waals surface area contributed by atoms with Gasteiger partial charge in [-0.15, -0.1) is 21.5 Å². The van der Waals surface area contributed by atoms with Crippen LogP contribution in [0.3, 0.4) is 0 Å². The Morgan fingerprint density at radius 3 is 2.61 bits per heavy atom. The Hall–Kier alpha value is -4.37. The third-order valence-corrected chi connectivity index (χ3v) is 10.7. The van der Waals surface area contributed by atoms with Gasteiger partial charge in [0, 0.05) is 36.1 Å². The lowest BCUT2D eigenvalue weighted by Gasteiger charge is -2.25. The molecule has 44 heavy (non-hydrogen) atoms. The van der Waals surface area contributed by atoms with Crippen LogP contribution in [-0.4, -0.2) is 69.4 Å². The van der Waals surface area contributed by atoms with E-state index in [9.17, 15) is 23.1 Å². The molecule has 1 aromatic carbocycles. The number of carbonyl (C=O) groups is 2. The van der Waals surface area contributed by atoms with Crippen LogP contribution in [-0.2, 0) is 22.0 Å². The number of aryl methyl sites for hydroxylation is 1. The number of nitrogens with one attached hydrogen (secondary N) is 1. The maximum absolute atomic E-state index is 14.0. The van der Waals surface area contributed by atoms with Crippen LogP contribution in [0.15, 0.2) is 52.3 Å². The van der Waals surface area contributed by atoms with E-state index in [1.54, 1.807) is 11.8 Å². The summed E-state index contributed by atoms with van der Waals surface area (Å²) in [6.45, 7) is 4.30. The number of benzene rings is 1. The molecule has 230 valence electrons. The Balaban J connectivity index is 1.39. The molecule has 0 spiro atoms. The molecule has 0 radical (unpaired) electrons. The van der Waals surface area contributed by atoms with E-state index in [0.717, 1.165) is 29.1 Å². The van der Waals surface area contributed by atoms with Crippen molar-refractivity contribution in [1.82, 2.24) is 30.4 Å². The molecular weight excluding hydrogens is 606 g/mol. The minimum Gasteiger partial charge on any atom is -0.465 e. The molecule has 0 bridgehead atoms. The molecule has 0 aliphatic carbocycles. The number of carboxylic acid groups (broad SMARTS) is 1. The topological polar surface area (TPSA) is 172 Å². The largest absolute Gasteiger partial charge is 0.465 e. The summed E-state index contributed by atoms with van der Waals surface area (Å²) in [5.41, 5.74) is 0.765. The molecule has 2 aliphatic rings. The monoisotopic (exact) mass is 637 g/mol. The third kappa shape index (κ3) is 5.88. The van der Waals surface area contributed by atoms with Crippen molar-refractivity contribution in [2.24, 2.45) is 0 Å². The molecule has 2 saturated heterocycles. The van der Waals surface area contributed by atoms with E-state index in [1.807, 2.05) is 42.6 Å². The molecule has 0 unspecified atom stereocenters.